The number of aliphatic carboxylic acids is 1. The lowest BCUT2D eigenvalue weighted by atomic mass is 9.89. The van der Waals surface area contributed by atoms with Crippen molar-refractivity contribution in [2.75, 3.05) is 14.2 Å². The number of aryl methyl sites for hydroxylation is 1. The SMILES string of the molecule is COc1c(C)cc(C(CC(=O)O)C2CC2)c(OC)c1Cl. The maximum Gasteiger partial charge on any atom is 0.303 e. The summed E-state index contributed by atoms with van der Waals surface area (Å²) in [7, 11) is 3.10. The fourth-order valence-electron chi connectivity index (χ4n) is 2.72. The molecule has 1 aromatic carbocycles. The number of carbonyl (C=O) groups is 1. The van der Waals surface area contributed by atoms with Gasteiger partial charge >= 0.3 is 5.97 Å². The highest BCUT2D eigenvalue weighted by Crippen LogP contribution is 2.50. The van der Waals surface area contributed by atoms with Gasteiger partial charge in [0.2, 0.25) is 0 Å². The van der Waals surface area contributed by atoms with Crippen LogP contribution >= 0.6 is 11.6 Å². The molecule has 1 aromatic rings. The molecule has 4 nitrogen and oxygen atoms in total. The van der Waals surface area contributed by atoms with E-state index in [2.05, 4.69) is 0 Å². The van der Waals surface area contributed by atoms with Gasteiger partial charge < -0.3 is 14.6 Å². The summed E-state index contributed by atoms with van der Waals surface area (Å²) in [5.74, 6) is 0.673. The lowest BCUT2D eigenvalue weighted by Gasteiger charge is -2.21. The molecule has 20 heavy (non-hydrogen) atoms. The van der Waals surface area contributed by atoms with Crippen molar-refractivity contribution in [1.29, 1.82) is 0 Å². The molecular weight excluding hydrogens is 280 g/mol. The van der Waals surface area contributed by atoms with E-state index in [-0.39, 0.29) is 12.3 Å². The Hall–Kier alpha value is -1.42. The predicted octanol–water partition coefficient (Wildman–Crippen LogP) is 3.63. The van der Waals surface area contributed by atoms with Crippen molar-refractivity contribution in [3.63, 3.8) is 0 Å². The Labute approximate surface area is 123 Å². The van der Waals surface area contributed by atoms with Crippen molar-refractivity contribution in [3.05, 3.63) is 22.2 Å². The maximum atomic E-state index is 11.1. The fourth-order valence-corrected chi connectivity index (χ4v) is 3.13. The number of hydrogen-bond donors (Lipinski definition) is 1. The number of carboxylic acids is 1. The molecule has 2 rings (SSSR count). The Bertz CT molecular complexity index is 523. The third-order valence-corrected chi connectivity index (χ3v) is 4.13. The van der Waals surface area contributed by atoms with Crippen LogP contribution in [0.15, 0.2) is 6.07 Å². The Morgan fingerprint density at radius 3 is 2.45 bits per heavy atom. The number of benzene rings is 1. The van der Waals surface area contributed by atoms with Crippen LogP contribution in [0.4, 0.5) is 0 Å². The van der Waals surface area contributed by atoms with Crippen molar-refractivity contribution in [3.8, 4) is 11.5 Å². The molecule has 0 saturated heterocycles. The van der Waals surface area contributed by atoms with Crippen LogP contribution in [-0.2, 0) is 4.79 Å². The Kier molecular flexibility index (Phi) is 4.43. The second-order valence-corrected chi connectivity index (χ2v) is 5.58. The number of methoxy groups -OCH3 is 2. The van der Waals surface area contributed by atoms with Gasteiger partial charge in [-0.1, -0.05) is 11.6 Å². The highest BCUT2D eigenvalue weighted by atomic mass is 35.5. The highest BCUT2D eigenvalue weighted by Gasteiger charge is 2.36. The van der Waals surface area contributed by atoms with Gasteiger partial charge in [-0.2, -0.15) is 0 Å². The van der Waals surface area contributed by atoms with Crippen molar-refractivity contribution in [2.45, 2.75) is 32.1 Å². The zero-order chi connectivity index (χ0) is 14.9. The molecule has 0 spiro atoms. The van der Waals surface area contributed by atoms with E-state index in [9.17, 15) is 4.79 Å². The molecule has 0 heterocycles. The number of carboxylic acid groups (broad SMARTS) is 1. The standard InChI is InChI=1S/C15H19ClO4/c1-8-6-11(10(7-12(17)18)9-4-5-9)15(20-3)13(16)14(8)19-2/h6,9-10H,4-5,7H2,1-3H3,(H,17,18). The summed E-state index contributed by atoms with van der Waals surface area (Å²) in [5, 5.41) is 9.54. The third-order valence-electron chi connectivity index (χ3n) is 3.78. The number of hydrogen-bond acceptors (Lipinski definition) is 3. The van der Waals surface area contributed by atoms with Crippen LogP contribution in [-0.4, -0.2) is 25.3 Å². The summed E-state index contributed by atoms with van der Waals surface area (Å²) in [5.41, 5.74) is 1.77. The van der Waals surface area contributed by atoms with Crippen LogP contribution in [0.1, 0.15) is 36.3 Å². The van der Waals surface area contributed by atoms with Gasteiger partial charge in [-0.3, -0.25) is 4.79 Å². The summed E-state index contributed by atoms with van der Waals surface area (Å²) in [4.78, 5) is 11.1. The predicted molar refractivity (Wildman–Crippen MR) is 77.0 cm³/mol. The monoisotopic (exact) mass is 298 g/mol. The topological polar surface area (TPSA) is 55.8 Å². The second-order valence-electron chi connectivity index (χ2n) is 5.20. The first-order chi connectivity index (χ1) is 9.49. The molecule has 1 fully saturated rings. The van der Waals surface area contributed by atoms with Gasteiger partial charge in [0.25, 0.3) is 0 Å². The van der Waals surface area contributed by atoms with E-state index in [1.165, 1.54) is 0 Å². The van der Waals surface area contributed by atoms with Gasteiger partial charge in [-0.05, 0) is 37.3 Å². The molecule has 5 heteroatoms. The van der Waals surface area contributed by atoms with E-state index >= 15 is 0 Å². The molecule has 1 N–H and O–H groups in total. The number of halogens is 1. The van der Waals surface area contributed by atoms with Gasteiger partial charge in [0.15, 0.2) is 0 Å². The average Bonchev–Trinajstić information content (AvgIpc) is 3.20. The van der Waals surface area contributed by atoms with Crippen LogP contribution in [0, 0.1) is 12.8 Å². The normalized spacial score (nSPS) is 15.8. The lowest BCUT2D eigenvalue weighted by Crippen LogP contribution is -2.11. The van der Waals surface area contributed by atoms with Crippen LogP contribution in [0.3, 0.4) is 0 Å². The summed E-state index contributed by atoms with van der Waals surface area (Å²) in [6, 6.07) is 1.94. The van der Waals surface area contributed by atoms with E-state index < -0.39 is 5.97 Å². The van der Waals surface area contributed by atoms with Crippen molar-refractivity contribution in [2.24, 2.45) is 5.92 Å². The fraction of sp³-hybridized carbons (Fsp3) is 0.533. The van der Waals surface area contributed by atoms with Crippen molar-refractivity contribution in [1.82, 2.24) is 0 Å². The number of rotatable bonds is 6. The van der Waals surface area contributed by atoms with Crippen molar-refractivity contribution >= 4 is 17.6 Å². The zero-order valence-corrected chi connectivity index (χ0v) is 12.7. The molecular formula is C15H19ClO4. The molecule has 0 aliphatic heterocycles. The molecule has 0 bridgehead atoms. The Morgan fingerprint density at radius 1 is 1.40 bits per heavy atom. The molecule has 110 valence electrons. The summed E-state index contributed by atoms with van der Waals surface area (Å²) in [6.45, 7) is 1.90. The van der Waals surface area contributed by atoms with Gasteiger partial charge in [0, 0.05) is 11.5 Å². The first kappa shape index (κ1) is 15.0. The smallest absolute Gasteiger partial charge is 0.303 e. The molecule has 0 radical (unpaired) electrons. The van der Waals surface area contributed by atoms with Crippen molar-refractivity contribution < 1.29 is 19.4 Å². The maximum absolute atomic E-state index is 11.1. The molecule has 0 aromatic heterocycles. The molecule has 1 atom stereocenters. The van der Waals surface area contributed by atoms with Gasteiger partial charge in [-0.15, -0.1) is 0 Å². The largest absolute Gasteiger partial charge is 0.495 e. The first-order valence-electron chi connectivity index (χ1n) is 6.62. The summed E-state index contributed by atoms with van der Waals surface area (Å²) < 4.78 is 10.7. The highest BCUT2D eigenvalue weighted by molar-refractivity contribution is 6.33. The second kappa shape index (κ2) is 5.92. The van der Waals surface area contributed by atoms with E-state index in [1.807, 2.05) is 13.0 Å². The Balaban J connectivity index is 2.50. The minimum Gasteiger partial charge on any atom is -0.495 e. The molecule has 1 aliphatic carbocycles. The van der Waals surface area contributed by atoms with Gasteiger partial charge in [0.1, 0.15) is 16.5 Å². The van der Waals surface area contributed by atoms with Gasteiger partial charge in [0.05, 0.1) is 20.6 Å². The van der Waals surface area contributed by atoms with E-state index in [4.69, 9.17) is 26.2 Å². The number of ether oxygens (including phenoxy) is 2. The quantitative estimate of drug-likeness (QED) is 0.871. The van der Waals surface area contributed by atoms with Crippen LogP contribution in [0.5, 0.6) is 11.5 Å². The Morgan fingerprint density at radius 2 is 2.00 bits per heavy atom. The van der Waals surface area contributed by atoms with Crippen LogP contribution in [0.2, 0.25) is 5.02 Å². The minimum atomic E-state index is -0.798. The zero-order valence-electron chi connectivity index (χ0n) is 11.9. The minimum absolute atomic E-state index is 0.0513. The van der Waals surface area contributed by atoms with E-state index in [0.717, 1.165) is 24.0 Å². The van der Waals surface area contributed by atoms with Crippen LogP contribution in [0.25, 0.3) is 0 Å². The first-order valence-corrected chi connectivity index (χ1v) is 7.00. The molecule has 1 aliphatic rings. The molecule has 1 saturated carbocycles. The van der Waals surface area contributed by atoms with E-state index in [1.54, 1.807) is 14.2 Å². The average molecular weight is 299 g/mol. The third kappa shape index (κ3) is 2.85. The molecule has 1 unspecified atom stereocenters. The lowest BCUT2D eigenvalue weighted by molar-refractivity contribution is -0.137. The van der Waals surface area contributed by atoms with Crippen LogP contribution < -0.4 is 9.47 Å². The van der Waals surface area contributed by atoms with E-state index in [0.29, 0.717) is 22.4 Å². The van der Waals surface area contributed by atoms with Gasteiger partial charge in [-0.25, -0.2) is 0 Å². The summed E-state index contributed by atoms with van der Waals surface area (Å²) >= 11 is 6.33. The summed E-state index contributed by atoms with van der Waals surface area (Å²) in [6.07, 6.45) is 2.22. The molecule has 0 amide bonds.